The topological polar surface area (TPSA) is 96.0 Å². The zero-order chi connectivity index (χ0) is 28.3. The second kappa shape index (κ2) is 14.3. The van der Waals surface area contributed by atoms with Gasteiger partial charge in [0.2, 0.25) is 21.8 Å². The third-order valence-electron chi connectivity index (χ3n) is 6.30. The average molecular weight is 552 g/mol. The van der Waals surface area contributed by atoms with Crippen molar-refractivity contribution >= 4 is 27.5 Å². The van der Waals surface area contributed by atoms with E-state index in [0.29, 0.717) is 24.5 Å². The van der Waals surface area contributed by atoms with E-state index in [9.17, 15) is 18.0 Å². The molecule has 0 saturated carbocycles. The van der Waals surface area contributed by atoms with Gasteiger partial charge in [0.25, 0.3) is 0 Å². The van der Waals surface area contributed by atoms with E-state index in [1.807, 2.05) is 67.6 Å². The van der Waals surface area contributed by atoms with E-state index in [1.165, 1.54) is 4.31 Å². The Hall–Kier alpha value is -3.85. The van der Waals surface area contributed by atoms with Crippen LogP contribution in [0, 0.1) is 0 Å². The van der Waals surface area contributed by atoms with Gasteiger partial charge in [0.1, 0.15) is 11.8 Å². The quantitative estimate of drug-likeness (QED) is 0.327. The SMILES string of the molecule is CCOc1ccc(N(CCCC(=O)N(Cc2ccccc2)[C@@H](Cc2ccccc2)C(=O)NC)S(C)(=O)=O)cc1. The summed E-state index contributed by atoms with van der Waals surface area (Å²) in [5, 5.41) is 2.71. The van der Waals surface area contributed by atoms with Crippen LogP contribution >= 0.6 is 0 Å². The van der Waals surface area contributed by atoms with Crippen LogP contribution in [0.4, 0.5) is 5.69 Å². The Bertz CT molecular complexity index is 1300. The summed E-state index contributed by atoms with van der Waals surface area (Å²) in [5.74, 6) is 0.180. The van der Waals surface area contributed by atoms with Gasteiger partial charge in [0, 0.05) is 33.0 Å². The number of rotatable bonds is 14. The maximum atomic E-state index is 13.6. The molecular formula is C30H37N3O5S. The van der Waals surface area contributed by atoms with E-state index in [-0.39, 0.29) is 37.7 Å². The van der Waals surface area contributed by atoms with Gasteiger partial charge < -0.3 is 15.0 Å². The first-order valence-electron chi connectivity index (χ1n) is 13.0. The lowest BCUT2D eigenvalue weighted by molar-refractivity contribution is -0.141. The van der Waals surface area contributed by atoms with Gasteiger partial charge in [-0.15, -0.1) is 0 Å². The Balaban J connectivity index is 1.80. The fraction of sp³-hybridized carbons (Fsp3) is 0.333. The molecule has 0 bridgehead atoms. The Morgan fingerprint density at radius 2 is 1.49 bits per heavy atom. The number of anilines is 1. The third-order valence-corrected chi connectivity index (χ3v) is 7.50. The predicted molar refractivity (Wildman–Crippen MR) is 154 cm³/mol. The largest absolute Gasteiger partial charge is 0.494 e. The monoisotopic (exact) mass is 551 g/mol. The van der Waals surface area contributed by atoms with E-state index >= 15 is 0 Å². The Morgan fingerprint density at radius 3 is 2.03 bits per heavy atom. The second-order valence-electron chi connectivity index (χ2n) is 9.19. The maximum absolute atomic E-state index is 13.6. The first-order chi connectivity index (χ1) is 18.7. The summed E-state index contributed by atoms with van der Waals surface area (Å²) in [4.78, 5) is 28.3. The predicted octanol–water partition coefficient (Wildman–Crippen LogP) is 4.02. The fourth-order valence-corrected chi connectivity index (χ4v) is 5.35. The van der Waals surface area contributed by atoms with Crippen LogP contribution < -0.4 is 14.4 Å². The van der Waals surface area contributed by atoms with Crippen LogP contribution in [0.3, 0.4) is 0 Å². The van der Waals surface area contributed by atoms with Gasteiger partial charge in [-0.1, -0.05) is 60.7 Å². The fourth-order valence-electron chi connectivity index (χ4n) is 4.38. The van der Waals surface area contributed by atoms with Crippen LogP contribution in [0.25, 0.3) is 0 Å². The molecular weight excluding hydrogens is 514 g/mol. The van der Waals surface area contributed by atoms with Gasteiger partial charge in [-0.3, -0.25) is 13.9 Å². The van der Waals surface area contributed by atoms with Crippen LogP contribution in [0.5, 0.6) is 5.75 Å². The molecule has 39 heavy (non-hydrogen) atoms. The number of benzene rings is 3. The normalized spacial score (nSPS) is 11.9. The first kappa shape index (κ1) is 29.7. The van der Waals surface area contributed by atoms with Crippen LogP contribution in [0.15, 0.2) is 84.9 Å². The van der Waals surface area contributed by atoms with Crippen LogP contribution in [0.2, 0.25) is 0 Å². The number of amides is 2. The van der Waals surface area contributed by atoms with Crippen molar-refractivity contribution in [2.24, 2.45) is 0 Å². The zero-order valence-corrected chi connectivity index (χ0v) is 23.6. The number of hydrogen-bond donors (Lipinski definition) is 1. The molecule has 0 aliphatic carbocycles. The second-order valence-corrected chi connectivity index (χ2v) is 11.1. The summed E-state index contributed by atoms with van der Waals surface area (Å²) >= 11 is 0. The number of carbonyl (C=O) groups excluding carboxylic acids is 2. The highest BCUT2D eigenvalue weighted by Crippen LogP contribution is 2.23. The van der Waals surface area contributed by atoms with Crippen molar-refractivity contribution in [3.8, 4) is 5.75 Å². The molecule has 0 saturated heterocycles. The molecule has 2 amide bonds. The van der Waals surface area contributed by atoms with Crippen molar-refractivity contribution in [1.29, 1.82) is 0 Å². The number of likely N-dealkylation sites (N-methyl/N-ethyl adjacent to an activating group) is 1. The lowest BCUT2D eigenvalue weighted by Gasteiger charge is -2.31. The number of carbonyl (C=O) groups is 2. The van der Waals surface area contributed by atoms with Crippen molar-refractivity contribution in [2.75, 3.05) is 30.8 Å². The standard InChI is InChI=1S/C30H37N3O5S/c1-4-38-27-19-17-26(18-20-27)33(39(3,36)37)21-11-16-29(34)32(23-25-14-9-6-10-15-25)28(30(35)31-2)22-24-12-7-5-8-13-24/h5-10,12-15,17-20,28H,4,11,16,21-23H2,1-3H3,(H,31,35)/t28-/m0/s1. The summed E-state index contributed by atoms with van der Waals surface area (Å²) in [5.41, 5.74) is 2.34. The molecule has 1 N–H and O–H groups in total. The Labute approximate surface area is 231 Å². The van der Waals surface area contributed by atoms with Gasteiger partial charge in [0.05, 0.1) is 18.6 Å². The van der Waals surface area contributed by atoms with Crippen molar-refractivity contribution in [1.82, 2.24) is 10.2 Å². The average Bonchev–Trinajstić information content (AvgIpc) is 2.93. The number of ether oxygens (including phenoxy) is 1. The molecule has 0 spiro atoms. The Kier molecular flexibility index (Phi) is 10.9. The van der Waals surface area contributed by atoms with E-state index < -0.39 is 16.1 Å². The molecule has 0 unspecified atom stereocenters. The summed E-state index contributed by atoms with van der Waals surface area (Å²) in [6, 6.07) is 25.2. The molecule has 9 heteroatoms. The number of sulfonamides is 1. The summed E-state index contributed by atoms with van der Waals surface area (Å²) in [6.45, 7) is 2.78. The first-order valence-corrected chi connectivity index (χ1v) is 14.9. The molecule has 0 fully saturated rings. The van der Waals surface area contributed by atoms with Gasteiger partial charge in [0.15, 0.2) is 0 Å². The van der Waals surface area contributed by atoms with Crippen molar-refractivity contribution < 1.29 is 22.7 Å². The molecule has 8 nitrogen and oxygen atoms in total. The number of nitrogens with one attached hydrogen (secondary N) is 1. The molecule has 0 radical (unpaired) electrons. The minimum atomic E-state index is -3.58. The van der Waals surface area contributed by atoms with E-state index in [1.54, 1.807) is 36.2 Å². The Morgan fingerprint density at radius 1 is 0.897 bits per heavy atom. The van der Waals surface area contributed by atoms with Crippen molar-refractivity contribution in [3.05, 3.63) is 96.1 Å². The minimum Gasteiger partial charge on any atom is -0.494 e. The van der Waals surface area contributed by atoms with Crippen molar-refractivity contribution in [3.63, 3.8) is 0 Å². The molecule has 3 rings (SSSR count). The van der Waals surface area contributed by atoms with Gasteiger partial charge >= 0.3 is 0 Å². The molecule has 3 aromatic rings. The molecule has 208 valence electrons. The zero-order valence-electron chi connectivity index (χ0n) is 22.7. The van der Waals surface area contributed by atoms with Gasteiger partial charge in [-0.2, -0.15) is 0 Å². The van der Waals surface area contributed by atoms with Crippen LogP contribution in [0.1, 0.15) is 30.9 Å². The third kappa shape index (κ3) is 8.85. The van der Waals surface area contributed by atoms with Gasteiger partial charge in [-0.05, 0) is 48.7 Å². The lowest BCUT2D eigenvalue weighted by atomic mass is 10.0. The van der Waals surface area contributed by atoms with Gasteiger partial charge in [-0.25, -0.2) is 8.42 Å². The highest BCUT2D eigenvalue weighted by atomic mass is 32.2. The summed E-state index contributed by atoms with van der Waals surface area (Å²) < 4.78 is 31.9. The lowest BCUT2D eigenvalue weighted by Crippen LogP contribution is -2.49. The smallest absolute Gasteiger partial charge is 0.242 e. The molecule has 1 atom stereocenters. The highest BCUT2D eigenvalue weighted by Gasteiger charge is 2.30. The summed E-state index contributed by atoms with van der Waals surface area (Å²) in [6.07, 6.45) is 1.88. The number of hydrogen-bond acceptors (Lipinski definition) is 5. The maximum Gasteiger partial charge on any atom is 0.242 e. The van der Waals surface area contributed by atoms with E-state index in [2.05, 4.69) is 5.32 Å². The van der Waals surface area contributed by atoms with Crippen molar-refractivity contribution in [2.45, 2.75) is 38.8 Å². The number of nitrogens with zero attached hydrogens (tertiary/aromatic N) is 2. The molecule has 0 aliphatic heterocycles. The molecule has 0 aromatic heterocycles. The van der Waals surface area contributed by atoms with Crippen LogP contribution in [-0.4, -0.2) is 57.6 Å². The molecule has 3 aromatic carbocycles. The minimum absolute atomic E-state index is 0.0815. The highest BCUT2D eigenvalue weighted by molar-refractivity contribution is 7.92. The molecule has 0 heterocycles. The van der Waals surface area contributed by atoms with E-state index in [4.69, 9.17) is 4.74 Å². The van der Waals surface area contributed by atoms with E-state index in [0.717, 1.165) is 17.4 Å². The summed E-state index contributed by atoms with van der Waals surface area (Å²) in [7, 11) is -2.02. The van der Waals surface area contributed by atoms with Crippen LogP contribution in [-0.2, 0) is 32.6 Å². The molecule has 0 aliphatic rings.